The van der Waals surface area contributed by atoms with Gasteiger partial charge >= 0.3 is 0 Å². The zero-order chi connectivity index (χ0) is 26.9. The summed E-state index contributed by atoms with van der Waals surface area (Å²) in [6, 6.07) is 11.5. The quantitative estimate of drug-likeness (QED) is 0.143. The van der Waals surface area contributed by atoms with Gasteiger partial charge in [0.15, 0.2) is 0 Å². The molecule has 2 nitrogen and oxygen atoms in total. The largest absolute Gasteiger partial charge is 0.255 e. The molecule has 0 spiro atoms. The number of aryl methyl sites for hydroxylation is 4. The van der Waals surface area contributed by atoms with Gasteiger partial charge in [-0.2, -0.15) is 0 Å². The molecule has 0 atom stereocenters. The van der Waals surface area contributed by atoms with Crippen LogP contribution in [0.2, 0.25) is 0 Å². The third-order valence-electron chi connectivity index (χ3n) is 7.31. The van der Waals surface area contributed by atoms with E-state index in [1.54, 1.807) is 5.56 Å². The first-order valence-electron chi connectivity index (χ1n) is 15.4. The van der Waals surface area contributed by atoms with Crippen molar-refractivity contribution in [3.63, 3.8) is 0 Å². The van der Waals surface area contributed by atoms with Crippen LogP contribution in [0.3, 0.4) is 0 Å². The molecule has 0 aliphatic heterocycles. The molecule has 0 aromatic heterocycles. The molecule has 2 heteroatoms. The Morgan fingerprint density at radius 1 is 0.649 bits per heavy atom. The van der Waals surface area contributed by atoms with Gasteiger partial charge in [0, 0.05) is 6.21 Å². The van der Waals surface area contributed by atoms with Crippen LogP contribution in [-0.2, 0) is 25.7 Å². The first-order valence-corrected chi connectivity index (χ1v) is 15.4. The molecule has 0 bridgehead atoms. The molecule has 2 aromatic carbocycles. The monoisotopic (exact) mass is 502 g/mol. The van der Waals surface area contributed by atoms with Gasteiger partial charge in [0.1, 0.15) is 0 Å². The lowest BCUT2D eigenvalue weighted by atomic mass is 9.92. The van der Waals surface area contributed by atoms with Gasteiger partial charge in [-0.25, -0.2) is 0 Å². The predicted molar refractivity (Wildman–Crippen MR) is 167 cm³/mol. The molecule has 0 saturated heterocycles. The van der Waals surface area contributed by atoms with Crippen molar-refractivity contribution in [3.8, 4) is 0 Å². The van der Waals surface area contributed by atoms with Crippen LogP contribution < -0.4 is 0 Å². The van der Waals surface area contributed by atoms with Crippen molar-refractivity contribution in [2.45, 2.75) is 138 Å². The van der Waals surface area contributed by atoms with Crippen LogP contribution in [0.4, 0.5) is 11.4 Å². The Kier molecular flexibility index (Phi) is 15.2. The van der Waals surface area contributed by atoms with Crippen LogP contribution in [0.15, 0.2) is 40.3 Å². The molecule has 0 aliphatic rings. The summed E-state index contributed by atoms with van der Waals surface area (Å²) in [7, 11) is 0. The molecule has 0 heterocycles. The average molecular weight is 503 g/mol. The van der Waals surface area contributed by atoms with Crippen molar-refractivity contribution >= 4 is 23.3 Å². The highest BCUT2D eigenvalue weighted by Gasteiger charge is 2.10. The van der Waals surface area contributed by atoms with Crippen molar-refractivity contribution in [2.75, 3.05) is 0 Å². The van der Waals surface area contributed by atoms with E-state index < -0.39 is 0 Å². The van der Waals surface area contributed by atoms with E-state index in [2.05, 4.69) is 71.9 Å². The third kappa shape index (κ3) is 11.4. The number of unbranched alkanes of at least 4 members (excludes halogenated alkanes) is 7. The Hall–Kier alpha value is -2.22. The second-order valence-corrected chi connectivity index (χ2v) is 10.7. The molecule has 37 heavy (non-hydrogen) atoms. The van der Waals surface area contributed by atoms with E-state index in [1.807, 2.05) is 6.21 Å². The minimum absolute atomic E-state index is 0.878. The molecule has 0 saturated carbocycles. The Balaban J connectivity index is 2.21. The summed E-state index contributed by atoms with van der Waals surface area (Å²) in [5, 5.41) is 0. The Morgan fingerprint density at radius 2 is 1.27 bits per heavy atom. The maximum absolute atomic E-state index is 5.03. The van der Waals surface area contributed by atoms with Gasteiger partial charge in [-0.3, -0.25) is 9.98 Å². The fraction of sp³-hybridized carbons (Fsp3) is 0.600. The molecule has 0 unspecified atom stereocenters. The van der Waals surface area contributed by atoms with Crippen molar-refractivity contribution < 1.29 is 0 Å². The lowest BCUT2D eigenvalue weighted by Gasteiger charge is -2.15. The van der Waals surface area contributed by atoms with Gasteiger partial charge in [0.2, 0.25) is 0 Å². The molecule has 2 aromatic rings. The topological polar surface area (TPSA) is 24.7 Å². The fourth-order valence-corrected chi connectivity index (χ4v) is 5.16. The summed E-state index contributed by atoms with van der Waals surface area (Å²) < 4.78 is 0. The van der Waals surface area contributed by atoms with E-state index in [1.165, 1.54) is 86.5 Å². The molecule has 2 rings (SSSR count). The first kappa shape index (κ1) is 31.0. The third-order valence-corrected chi connectivity index (χ3v) is 7.31. The van der Waals surface area contributed by atoms with Gasteiger partial charge in [0.25, 0.3) is 0 Å². The van der Waals surface area contributed by atoms with E-state index in [0.717, 1.165) is 49.2 Å². The second kappa shape index (κ2) is 18.1. The number of nitrogens with zero attached hydrogens (tertiary/aromatic N) is 2. The Bertz CT molecular complexity index is 954. The smallest absolute Gasteiger partial charge is 0.0639 e. The molecular weight excluding hydrogens is 448 g/mol. The van der Waals surface area contributed by atoms with Gasteiger partial charge in [-0.05, 0) is 110 Å². The number of hydrogen-bond donors (Lipinski definition) is 0. The van der Waals surface area contributed by atoms with Gasteiger partial charge < -0.3 is 0 Å². The summed E-state index contributed by atoms with van der Waals surface area (Å²) in [5.41, 5.74) is 10.5. The van der Waals surface area contributed by atoms with E-state index in [-0.39, 0.29) is 0 Å². The standard InChI is InChI=1S/C35H54N2/c1-7-12-15-16-17-18-19-29-22-28(6)23-34(24-29)37-32(10-4)27-36-33-25-30(20-13-8-2)35(11-5)31(26-33)21-14-9-3/h22-27H,7-21H2,1-6H3. The van der Waals surface area contributed by atoms with Crippen molar-refractivity contribution in [1.29, 1.82) is 0 Å². The van der Waals surface area contributed by atoms with Crippen LogP contribution in [0.5, 0.6) is 0 Å². The second-order valence-electron chi connectivity index (χ2n) is 10.7. The van der Waals surface area contributed by atoms with Crippen LogP contribution in [0.25, 0.3) is 0 Å². The SMILES string of the molecule is CCCCCCCCc1cc(C)cc(N=C(C=Nc2cc(CCCC)c(CC)c(CCCC)c2)CC)c1. The van der Waals surface area contributed by atoms with Crippen molar-refractivity contribution in [2.24, 2.45) is 9.98 Å². The van der Waals surface area contributed by atoms with Gasteiger partial charge in [0.05, 0.1) is 17.1 Å². The number of benzene rings is 2. The maximum atomic E-state index is 5.03. The van der Waals surface area contributed by atoms with Crippen molar-refractivity contribution in [3.05, 3.63) is 58.1 Å². The van der Waals surface area contributed by atoms with Crippen LogP contribution >= 0.6 is 0 Å². The number of hydrogen-bond acceptors (Lipinski definition) is 2. The van der Waals surface area contributed by atoms with Crippen LogP contribution in [0.1, 0.15) is 133 Å². The van der Waals surface area contributed by atoms with Gasteiger partial charge in [-0.1, -0.05) is 85.6 Å². The Labute approximate surface area is 229 Å². The molecule has 0 amide bonds. The minimum Gasteiger partial charge on any atom is -0.255 e. The fourth-order valence-electron chi connectivity index (χ4n) is 5.16. The van der Waals surface area contributed by atoms with E-state index in [4.69, 9.17) is 9.98 Å². The highest BCUT2D eigenvalue weighted by molar-refractivity contribution is 6.31. The molecule has 0 N–H and O–H groups in total. The Morgan fingerprint density at radius 3 is 1.86 bits per heavy atom. The first-order chi connectivity index (χ1) is 18.0. The highest BCUT2D eigenvalue weighted by atomic mass is 14.8. The summed E-state index contributed by atoms with van der Waals surface area (Å²) in [6.07, 6.45) is 20.4. The zero-order valence-corrected chi connectivity index (χ0v) is 25.0. The molecule has 204 valence electrons. The lowest BCUT2D eigenvalue weighted by Crippen LogP contribution is -2.01. The van der Waals surface area contributed by atoms with Crippen LogP contribution in [0, 0.1) is 6.92 Å². The number of rotatable bonds is 18. The average Bonchev–Trinajstić information content (AvgIpc) is 2.90. The van der Waals surface area contributed by atoms with Gasteiger partial charge in [-0.15, -0.1) is 0 Å². The highest BCUT2D eigenvalue weighted by Crippen LogP contribution is 2.27. The summed E-state index contributed by atoms with van der Waals surface area (Å²) >= 11 is 0. The zero-order valence-electron chi connectivity index (χ0n) is 25.0. The summed E-state index contributed by atoms with van der Waals surface area (Å²) in [6.45, 7) is 13.5. The maximum Gasteiger partial charge on any atom is 0.0639 e. The van der Waals surface area contributed by atoms with E-state index >= 15 is 0 Å². The normalized spacial score (nSPS) is 12.1. The minimum atomic E-state index is 0.878. The summed E-state index contributed by atoms with van der Waals surface area (Å²) in [5.74, 6) is 0. The molecular formula is C35H54N2. The molecule has 0 fully saturated rings. The van der Waals surface area contributed by atoms with E-state index in [9.17, 15) is 0 Å². The van der Waals surface area contributed by atoms with E-state index in [0.29, 0.717) is 0 Å². The molecule has 0 aliphatic carbocycles. The molecule has 0 radical (unpaired) electrons. The predicted octanol–water partition coefficient (Wildman–Crippen LogP) is 11.0. The van der Waals surface area contributed by atoms with Crippen molar-refractivity contribution in [1.82, 2.24) is 0 Å². The number of aliphatic imine (C=N–C) groups is 2. The summed E-state index contributed by atoms with van der Waals surface area (Å²) in [4.78, 5) is 9.99. The lowest BCUT2D eigenvalue weighted by molar-refractivity contribution is 0.607. The van der Waals surface area contributed by atoms with Crippen LogP contribution in [-0.4, -0.2) is 11.9 Å².